The molecular formula is C26H29NO6. The maximum absolute atomic E-state index is 12.2. The lowest BCUT2D eigenvalue weighted by Crippen LogP contribution is -2.33. The Bertz CT molecular complexity index is 1160. The van der Waals surface area contributed by atoms with Gasteiger partial charge in [0, 0.05) is 30.5 Å². The van der Waals surface area contributed by atoms with Crippen molar-refractivity contribution in [2.24, 2.45) is 0 Å². The molecule has 0 saturated carbocycles. The third kappa shape index (κ3) is 7.49. The summed E-state index contributed by atoms with van der Waals surface area (Å²) >= 11 is 0. The zero-order chi connectivity index (χ0) is 23.8. The number of fused-ring (bicyclic) bond motifs is 1. The van der Waals surface area contributed by atoms with Gasteiger partial charge in [0.25, 0.3) is 0 Å². The van der Waals surface area contributed by atoms with E-state index < -0.39 is 17.3 Å². The van der Waals surface area contributed by atoms with Crippen LogP contribution in [0.15, 0.2) is 63.8 Å². The Labute approximate surface area is 192 Å². The van der Waals surface area contributed by atoms with Gasteiger partial charge in [0.15, 0.2) is 0 Å². The van der Waals surface area contributed by atoms with Crippen LogP contribution in [-0.2, 0) is 9.53 Å². The summed E-state index contributed by atoms with van der Waals surface area (Å²) in [6.45, 7) is 5.91. The highest BCUT2D eigenvalue weighted by atomic mass is 16.6. The van der Waals surface area contributed by atoms with E-state index in [1.54, 1.807) is 18.2 Å². The SMILES string of the molecule is CC(C)(C)OC(=O)NCCCCCC(=O)Oc1ccc2c(-c3ccccc3)cc(=O)oc2c1. The van der Waals surface area contributed by atoms with E-state index in [1.807, 2.05) is 51.1 Å². The first-order chi connectivity index (χ1) is 15.7. The van der Waals surface area contributed by atoms with Crippen LogP contribution in [0.4, 0.5) is 4.79 Å². The first kappa shape index (κ1) is 24.0. The molecular weight excluding hydrogens is 422 g/mol. The van der Waals surface area contributed by atoms with Gasteiger partial charge >= 0.3 is 17.7 Å². The van der Waals surface area contributed by atoms with E-state index in [0.29, 0.717) is 24.3 Å². The number of unbranched alkanes of at least 4 members (excludes halogenated alkanes) is 2. The van der Waals surface area contributed by atoms with Gasteiger partial charge in [0.1, 0.15) is 16.9 Å². The van der Waals surface area contributed by atoms with Crippen molar-refractivity contribution in [2.75, 3.05) is 6.54 Å². The van der Waals surface area contributed by atoms with Gasteiger partial charge < -0.3 is 19.2 Å². The van der Waals surface area contributed by atoms with Crippen LogP contribution in [0.5, 0.6) is 5.75 Å². The highest BCUT2D eigenvalue weighted by Crippen LogP contribution is 2.29. The second-order valence-corrected chi connectivity index (χ2v) is 8.72. The average Bonchev–Trinajstić information content (AvgIpc) is 2.74. The molecule has 1 aromatic heterocycles. The van der Waals surface area contributed by atoms with Gasteiger partial charge in [-0.15, -0.1) is 0 Å². The first-order valence-electron chi connectivity index (χ1n) is 11.0. The number of carbonyl (C=O) groups is 2. The quantitative estimate of drug-likeness (QED) is 0.212. The minimum Gasteiger partial charge on any atom is -0.444 e. The molecule has 0 aliphatic carbocycles. The molecule has 1 amide bonds. The number of amides is 1. The highest BCUT2D eigenvalue weighted by Gasteiger charge is 2.15. The molecule has 7 heteroatoms. The third-order valence-corrected chi connectivity index (χ3v) is 4.76. The van der Waals surface area contributed by atoms with E-state index in [4.69, 9.17) is 13.9 Å². The number of alkyl carbamates (subject to hydrolysis) is 1. The Balaban J connectivity index is 1.50. The molecule has 174 valence electrons. The number of hydrogen-bond acceptors (Lipinski definition) is 6. The molecule has 1 N–H and O–H groups in total. The van der Waals surface area contributed by atoms with Crippen LogP contribution in [0.2, 0.25) is 0 Å². The molecule has 3 aromatic rings. The topological polar surface area (TPSA) is 94.8 Å². The molecule has 33 heavy (non-hydrogen) atoms. The molecule has 0 unspecified atom stereocenters. The first-order valence-corrected chi connectivity index (χ1v) is 11.0. The van der Waals surface area contributed by atoms with Crippen molar-refractivity contribution in [3.63, 3.8) is 0 Å². The van der Waals surface area contributed by atoms with Crippen LogP contribution in [0.1, 0.15) is 46.5 Å². The Morgan fingerprint density at radius 1 is 0.970 bits per heavy atom. The van der Waals surface area contributed by atoms with E-state index in [0.717, 1.165) is 29.4 Å². The van der Waals surface area contributed by atoms with E-state index >= 15 is 0 Å². The zero-order valence-electron chi connectivity index (χ0n) is 19.2. The number of hydrogen-bond donors (Lipinski definition) is 1. The van der Waals surface area contributed by atoms with Gasteiger partial charge in [-0.25, -0.2) is 9.59 Å². The number of carbonyl (C=O) groups excluding carboxylic acids is 2. The molecule has 7 nitrogen and oxygen atoms in total. The van der Waals surface area contributed by atoms with Crippen molar-refractivity contribution in [1.29, 1.82) is 0 Å². The fraction of sp³-hybridized carbons (Fsp3) is 0.346. The number of esters is 1. The van der Waals surface area contributed by atoms with Crippen molar-refractivity contribution in [2.45, 2.75) is 52.1 Å². The summed E-state index contributed by atoms with van der Waals surface area (Å²) in [6, 6.07) is 16.1. The molecule has 3 rings (SSSR count). The molecule has 0 atom stereocenters. The van der Waals surface area contributed by atoms with Gasteiger partial charge in [-0.3, -0.25) is 4.79 Å². The summed E-state index contributed by atoms with van der Waals surface area (Å²) in [7, 11) is 0. The van der Waals surface area contributed by atoms with Gasteiger partial charge in [-0.1, -0.05) is 36.8 Å². The number of nitrogens with one attached hydrogen (secondary N) is 1. The third-order valence-electron chi connectivity index (χ3n) is 4.76. The van der Waals surface area contributed by atoms with Crippen LogP contribution in [-0.4, -0.2) is 24.2 Å². The van der Waals surface area contributed by atoms with Crippen LogP contribution in [0, 0.1) is 0 Å². The summed E-state index contributed by atoms with van der Waals surface area (Å²) < 4.78 is 15.9. The number of ether oxygens (including phenoxy) is 2. The van der Waals surface area contributed by atoms with Crippen LogP contribution in [0.25, 0.3) is 22.1 Å². The molecule has 0 saturated heterocycles. The van der Waals surface area contributed by atoms with Crippen LogP contribution in [0.3, 0.4) is 0 Å². The average molecular weight is 452 g/mol. The summed E-state index contributed by atoms with van der Waals surface area (Å²) in [4.78, 5) is 35.8. The van der Waals surface area contributed by atoms with Crippen LogP contribution < -0.4 is 15.7 Å². The second-order valence-electron chi connectivity index (χ2n) is 8.72. The van der Waals surface area contributed by atoms with E-state index in [-0.39, 0.29) is 12.4 Å². The lowest BCUT2D eigenvalue weighted by molar-refractivity contribution is -0.134. The predicted octanol–water partition coefficient (Wildman–Crippen LogP) is 5.45. The van der Waals surface area contributed by atoms with Crippen molar-refractivity contribution in [3.05, 3.63) is 65.0 Å². The maximum Gasteiger partial charge on any atom is 0.407 e. The lowest BCUT2D eigenvalue weighted by Gasteiger charge is -2.19. The van der Waals surface area contributed by atoms with Crippen molar-refractivity contribution in [3.8, 4) is 16.9 Å². The molecule has 0 spiro atoms. The summed E-state index contributed by atoms with van der Waals surface area (Å²) in [5.41, 5.74) is 1.04. The van der Waals surface area contributed by atoms with Gasteiger partial charge in [-0.05, 0) is 56.9 Å². The molecule has 0 fully saturated rings. The normalized spacial score (nSPS) is 11.2. The largest absolute Gasteiger partial charge is 0.444 e. The monoisotopic (exact) mass is 451 g/mol. The molecule has 1 heterocycles. The predicted molar refractivity (Wildman–Crippen MR) is 126 cm³/mol. The smallest absolute Gasteiger partial charge is 0.407 e. The maximum atomic E-state index is 12.2. The summed E-state index contributed by atoms with van der Waals surface area (Å²) in [5, 5.41) is 3.45. The number of rotatable bonds is 8. The lowest BCUT2D eigenvalue weighted by atomic mass is 10.0. The van der Waals surface area contributed by atoms with E-state index in [9.17, 15) is 14.4 Å². The summed E-state index contributed by atoms with van der Waals surface area (Å²) in [6.07, 6.45) is 1.93. The zero-order valence-corrected chi connectivity index (χ0v) is 19.2. The van der Waals surface area contributed by atoms with Gasteiger partial charge in [0.2, 0.25) is 0 Å². The second kappa shape index (κ2) is 10.8. The van der Waals surface area contributed by atoms with E-state index in [1.165, 1.54) is 6.07 Å². The fourth-order valence-corrected chi connectivity index (χ4v) is 3.32. The van der Waals surface area contributed by atoms with Gasteiger partial charge in [0.05, 0.1) is 0 Å². The minimum absolute atomic E-state index is 0.248. The summed E-state index contributed by atoms with van der Waals surface area (Å²) in [5.74, 6) is -0.0385. The Morgan fingerprint density at radius 3 is 2.45 bits per heavy atom. The molecule has 0 bridgehead atoms. The molecule has 0 radical (unpaired) electrons. The number of benzene rings is 2. The standard InChI is InChI=1S/C26H29NO6/c1-26(2,3)33-25(30)27-15-9-5-8-12-23(28)31-19-13-14-20-21(18-10-6-4-7-11-18)17-24(29)32-22(20)16-19/h4,6-7,10-11,13-14,16-17H,5,8-9,12,15H2,1-3H3,(H,27,30). The molecule has 0 aliphatic rings. The van der Waals surface area contributed by atoms with Crippen LogP contribution >= 0.6 is 0 Å². The Morgan fingerprint density at radius 2 is 1.73 bits per heavy atom. The molecule has 2 aromatic carbocycles. The minimum atomic E-state index is -0.526. The van der Waals surface area contributed by atoms with E-state index in [2.05, 4.69) is 5.32 Å². The van der Waals surface area contributed by atoms with Crippen molar-refractivity contribution < 1.29 is 23.5 Å². The molecule has 0 aliphatic heterocycles. The van der Waals surface area contributed by atoms with Crippen molar-refractivity contribution in [1.82, 2.24) is 5.32 Å². The van der Waals surface area contributed by atoms with Gasteiger partial charge in [-0.2, -0.15) is 0 Å². The highest BCUT2D eigenvalue weighted by molar-refractivity contribution is 5.94. The van der Waals surface area contributed by atoms with Crippen molar-refractivity contribution >= 4 is 23.0 Å². The fourth-order valence-electron chi connectivity index (χ4n) is 3.32. The Hall–Kier alpha value is -3.61. The Kier molecular flexibility index (Phi) is 7.87.